The first-order valence-electron chi connectivity index (χ1n) is 10.3. The van der Waals surface area contributed by atoms with Gasteiger partial charge in [0.2, 0.25) is 0 Å². The van der Waals surface area contributed by atoms with Crippen LogP contribution < -0.4 is 5.32 Å². The van der Waals surface area contributed by atoms with Crippen molar-refractivity contribution in [3.8, 4) is 0 Å². The minimum atomic E-state index is -0.241. The number of amides is 1. The van der Waals surface area contributed by atoms with Gasteiger partial charge in [0, 0.05) is 38.7 Å². The third-order valence-electron chi connectivity index (χ3n) is 4.80. The number of methoxy groups -OCH3 is 1. The molecule has 2 aromatic carbocycles. The molecule has 0 unspecified atom stereocenters. The second kappa shape index (κ2) is 11.7. The van der Waals surface area contributed by atoms with Gasteiger partial charge in [-0.3, -0.25) is 9.69 Å². The molecule has 1 amide bonds. The molecule has 7 heteroatoms. The van der Waals surface area contributed by atoms with Gasteiger partial charge in [-0.1, -0.05) is 42.0 Å². The zero-order chi connectivity index (χ0) is 22.1. The van der Waals surface area contributed by atoms with E-state index < -0.39 is 0 Å². The summed E-state index contributed by atoms with van der Waals surface area (Å²) >= 11 is 1.48. The molecule has 1 heterocycles. The smallest absolute Gasteiger partial charge is 0.270 e. The van der Waals surface area contributed by atoms with E-state index in [1.165, 1.54) is 34.6 Å². The van der Waals surface area contributed by atoms with Crippen molar-refractivity contribution in [2.24, 2.45) is 0 Å². The number of ether oxygens (including phenoxy) is 1. The molecular formula is C24H28FN3O2S. The average molecular weight is 442 g/mol. The summed E-state index contributed by atoms with van der Waals surface area (Å²) in [6.07, 6.45) is 0.765. The van der Waals surface area contributed by atoms with E-state index in [0.717, 1.165) is 23.5 Å². The topological polar surface area (TPSA) is 54.5 Å². The fraction of sp³-hybridized carbons (Fsp3) is 0.333. The highest BCUT2D eigenvalue weighted by atomic mass is 32.1. The molecule has 0 bridgehead atoms. The zero-order valence-electron chi connectivity index (χ0n) is 17.9. The lowest BCUT2D eigenvalue weighted by Crippen LogP contribution is -2.26. The molecule has 0 radical (unpaired) electrons. The third kappa shape index (κ3) is 7.54. The second-order valence-corrected chi connectivity index (χ2v) is 8.43. The number of carbonyl (C=O) groups excluding carboxylic acids is 1. The Balaban J connectivity index is 1.67. The minimum Gasteiger partial charge on any atom is -0.385 e. The summed E-state index contributed by atoms with van der Waals surface area (Å²) in [6.45, 7) is 5.23. The molecular weight excluding hydrogens is 413 g/mol. The summed E-state index contributed by atoms with van der Waals surface area (Å²) < 4.78 is 18.3. The first-order chi connectivity index (χ1) is 15.0. The molecule has 3 rings (SSSR count). The van der Waals surface area contributed by atoms with Crippen LogP contribution in [0.1, 0.15) is 38.6 Å². The molecule has 0 spiro atoms. The Hall–Kier alpha value is -2.61. The van der Waals surface area contributed by atoms with E-state index in [0.29, 0.717) is 31.9 Å². The van der Waals surface area contributed by atoms with Crippen molar-refractivity contribution in [3.05, 3.63) is 87.1 Å². The van der Waals surface area contributed by atoms with Gasteiger partial charge in [0.15, 0.2) is 0 Å². The number of carbonyl (C=O) groups is 1. The van der Waals surface area contributed by atoms with E-state index in [1.807, 2.05) is 0 Å². The van der Waals surface area contributed by atoms with E-state index in [4.69, 9.17) is 4.74 Å². The lowest BCUT2D eigenvalue weighted by Gasteiger charge is -2.21. The van der Waals surface area contributed by atoms with Crippen LogP contribution in [0.2, 0.25) is 0 Å². The van der Waals surface area contributed by atoms with Gasteiger partial charge in [-0.25, -0.2) is 9.37 Å². The lowest BCUT2D eigenvalue weighted by molar-refractivity contribution is 0.0944. The van der Waals surface area contributed by atoms with Gasteiger partial charge in [-0.2, -0.15) is 0 Å². The molecule has 1 aromatic heterocycles. The van der Waals surface area contributed by atoms with Crippen molar-refractivity contribution >= 4 is 17.2 Å². The summed E-state index contributed by atoms with van der Waals surface area (Å²) in [5, 5.41) is 5.53. The molecule has 0 fully saturated rings. The van der Waals surface area contributed by atoms with Gasteiger partial charge in [0.25, 0.3) is 5.91 Å². The Morgan fingerprint density at radius 3 is 2.35 bits per heavy atom. The molecule has 0 atom stereocenters. The van der Waals surface area contributed by atoms with Crippen molar-refractivity contribution in [3.63, 3.8) is 0 Å². The summed E-state index contributed by atoms with van der Waals surface area (Å²) in [7, 11) is 1.64. The standard InChI is InChI=1S/C24H28FN3O2S/c1-18-4-6-19(7-5-18)14-28(15-20-8-10-21(25)11-9-20)16-23-27-22(17-31-23)24(29)26-12-3-13-30-2/h4-11,17H,3,12-16H2,1-2H3,(H,26,29). The largest absolute Gasteiger partial charge is 0.385 e. The molecule has 5 nitrogen and oxygen atoms in total. The molecule has 0 aliphatic rings. The number of hydrogen-bond donors (Lipinski definition) is 1. The molecule has 0 aliphatic heterocycles. The Morgan fingerprint density at radius 2 is 1.71 bits per heavy atom. The van der Waals surface area contributed by atoms with Gasteiger partial charge in [0.05, 0.1) is 6.54 Å². The van der Waals surface area contributed by atoms with Crippen molar-refractivity contribution in [2.45, 2.75) is 33.0 Å². The van der Waals surface area contributed by atoms with Gasteiger partial charge in [0.1, 0.15) is 16.5 Å². The van der Waals surface area contributed by atoms with Crippen LogP contribution in [0.5, 0.6) is 0 Å². The average Bonchev–Trinajstić information content (AvgIpc) is 3.23. The quantitative estimate of drug-likeness (QED) is 0.443. The van der Waals surface area contributed by atoms with Crippen LogP contribution in [0.4, 0.5) is 4.39 Å². The Bertz CT molecular complexity index is 910. The van der Waals surface area contributed by atoms with Gasteiger partial charge < -0.3 is 10.1 Å². The Kier molecular flexibility index (Phi) is 8.70. The van der Waals surface area contributed by atoms with Crippen LogP contribution in [-0.2, 0) is 24.4 Å². The Morgan fingerprint density at radius 1 is 1.06 bits per heavy atom. The second-order valence-electron chi connectivity index (χ2n) is 7.49. The predicted octanol–water partition coefficient (Wildman–Crippen LogP) is 4.56. The summed E-state index contributed by atoms with van der Waals surface area (Å²) in [4.78, 5) is 19.1. The summed E-state index contributed by atoms with van der Waals surface area (Å²) in [5.41, 5.74) is 3.88. The van der Waals surface area contributed by atoms with Crippen molar-refractivity contribution in [1.29, 1.82) is 0 Å². The monoisotopic (exact) mass is 441 g/mol. The van der Waals surface area contributed by atoms with E-state index in [-0.39, 0.29) is 11.7 Å². The highest BCUT2D eigenvalue weighted by molar-refractivity contribution is 7.09. The fourth-order valence-corrected chi connectivity index (χ4v) is 3.97. The highest BCUT2D eigenvalue weighted by Crippen LogP contribution is 2.18. The number of aryl methyl sites for hydroxylation is 1. The maximum Gasteiger partial charge on any atom is 0.270 e. The Labute approximate surface area is 186 Å². The number of nitrogens with one attached hydrogen (secondary N) is 1. The minimum absolute atomic E-state index is 0.165. The van der Waals surface area contributed by atoms with E-state index in [1.54, 1.807) is 24.6 Å². The number of benzene rings is 2. The normalized spacial score (nSPS) is 11.1. The van der Waals surface area contributed by atoms with Gasteiger partial charge in [-0.15, -0.1) is 11.3 Å². The first kappa shape index (κ1) is 23.1. The van der Waals surface area contributed by atoms with E-state index in [2.05, 4.69) is 46.4 Å². The van der Waals surface area contributed by atoms with Crippen molar-refractivity contribution in [1.82, 2.24) is 15.2 Å². The van der Waals surface area contributed by atoms with E-state index in [9.17, 15) is 9.18 Å². The molecule has 0 saturated carbocycles. The molecule has 0 saturated heterocycles. The maximum atomic E-state index is 13.3. The van der Waals surface area contributed by atoms with Crippen molar-refractivity contribution < 1.29 is 13.9 Å². The molecule has 1 N–H and O–H groups in total. The summed E-state index contributed by atoms with van der Waals surface area (Å²) in [6, 6.07) is 15.0. The van der Waals surface area contributed by atoms with E-state index >= 15 is 0 Å². The molecule has 3 aromatic rings. The molecule has 0 aliphatic carbocycles. The SMILES string of the molecule is COCCCNC(=O)c1csc(CN(Cc2ccc(C)cc2)Cc2ccc(F)cc2)n1. The first-order valence-corrected chi connectivity index (χ1v) is 11.2. The number of rotatable bonds is 11. The number of thiazole rings is 1. The number of halogens is 1. The van der Waals surface area contributed by atoms with Crippen LogP contribution in [0.25, 0.3) is 0 Å². The lowest BCUT2D eigenvalue weighted by atomic mass is 10.1. The summed E-state index contributed by atoms with van der Waals surface area (Å²) in [5.74, 6) is -0.405. The predicted molar refractivity (Wildman–Crippen MR) is 121 cm³/mol. The van der Waals surface area contributed by atoms with Crippen LogP contribution in [-0.4, -0.2) is 36.1 Å². The zero-order valence-corrected chi connectivity index (χ0v) is 18.8. The fourth-order valence-electron chi connectivity index (χ4n) is 3.16. The van der Waals surface area contributed by atoms with Gasteiger partial charge >= 0.3 is 0 Å². The number of hydrogen-bond acceptors (Lipinski definition) is 5. The van der Waals surface area contributed by atoms with Crippen molar-refractivity contribution in [2.75, 3.05) is 20.3 Å². The molecule has 31 heavy (non-hydrogen) atoms. The highest BCUT2D eigenvalue weighted by Gasteiger charge is 2.14. The number of aromatic nitrogens is 1. The number of nitrogens with zero attached hydrogens (tertiary/aromatic N) is 2. The van der Waals surface area contributed by atoms with Crippen LogP contribution >= 0.6 is 11.3 Å². The third-order valence-corrected chi connectivity index (χ3v) is 5.63. The van der Waals surface area contributed by atoms with Crippen LogP contribution in [0, 0.1) is 12.7 Å². The van der Waals surface area contributed by atoms with Crippen LogP contribution in [0.3, 0.4) is 0 Å². The van der Waals surface area contributed by atoms with Crippen LogP contribution in [0.15, 0.2) is 53.9 Å². The maximum absolute atomic E-state index is 13.3. The van der Waals surface area contributed by atoms with Gasteiger partial charge in [-0.05, 0) is 36.6 Å². The molecule has 164 valence electrons.